The summed E-state index contributed by atoms with van der Waals surface area (Å²) in [7, 11) is 0. The van der Waals surface area contributed by atoms with E-state index in [-0.39, 0.29) is 6.10 Å². The predicted octanol–water partition coefficient (Wildman–Crippen LogP) is 3.86. The van der Waals surface area contributed by atoms with Crippen LogP contribution < -0.4 is 0 Å². The van der Waals surface area contributed by atoms with Crippen molar-refractivity contribution in [3.63, 3.8) is 0 Å². The fourth-order valence-corrected chi connectivity index (χ4v) is 3.19. The molecule has 0 unspecified atom stereocenters. The summed E-state index contributed by atoms with van der Waals surface area (Å²) in [5, 5.41) is 9.61. The van der Waals surface area contributed by atoms with Crippen LogP contribution in [0.1, 0.15) is 60.3 Å². The van der Waals surface area contributed by atoms with Crippen molar-refractivity contribution in [3.05, 3.63) is 0 Å². The molecule has 0 bridgehead atoms. The third-order valence-corrected chi connectivity index (χ3v) is 4.62. The molecule has 0 heterocycles. The second kappa shape index (κ2) is 4.86. The Morgan fingerprint density at radius 2 is 1.93 bits per heavy atom. The maximum absolute atomic E-state index is 9.61. The molecule has 15 heavy (non-hydrogen) atoms. The fourth-order valence-electron chi connectivity index (χ4n) is 3.19. The van der Waals surface area contributed by atoms with E-state index < -0.39 is 0 Å². The van der Waals surface area contributed by atoms with Crippen LogP contribution in [0.5, 0.6) is 0 Å². The first-order valence-electron chi connectivity index (χ1n) is 6.52. The Labute approximate surface area is 95.3 Å². The Morgan fingerprint density at radius 3 is 2.40 bits per heavy atom. The Morgan fingerprint density at radius 1 is 1.33 bits per heavy atom. The maximum atomic E-state index is 9.61. The van der Waals surface area contributed by atoms with Crippen LogP contribution in [0.4, 0.5) is 0 Å². The SMILES string of the molecule is C[C@H](C[C@H]1[C@H](C)CCCC1(C)C)[C@@H](C)O. The molecular formula is C14H28O. The molecule has 0 spiro atoms. The van der Waals surface area contributed by atoms with Gasteiger partial charge in [-0.3, -0.25) is 0 Å². The molecule has 4 atom stereocenters. The average molecular weight is 212 g/mol. The Hall–Kier alpha value is -0.0400. The first kappa shape index (κ1) is 13.0. The van der Waals surface area contributed by atoms with E-state index >= 15 is 0 Å². The quantitative estimate of drug-likeness (QED) is 0.753. The molecule has 0 aromatic carbocycles. The van der Waals surface area contributed by atoms with Crippen LogP contribution in [-0.4, -0.2) is 11.2 Å². The maximum Gasteiger partial charge on any atom is 0.0537 e. The molecule has 1 aliphatic carbocycles. The van der Waals surface area contributed by atoms with Gasteiger partial charge in [-0.15, -0.1) is 0 Å². The second-order valence-electron chi connectivity index (χ2n) is 6.42. The van der Waals surface area contributed by atoms with Crippen molar-refractivity contribution in [2.45, 2.75) is 66.4 Å². The number of rotatable bonds is 3. The molecule has 0 amide bonds. The number of hydrogen-bond acceptors (Lipinski definition) is 1. The van der Waals surface area contributed by atoms with Crippen LogP contribution in [0.2, 0.25) is 0 Å². The van der Waals surface area contributed by atoms with Crippen LogP contribution in [-0.2, 0) is 0 Å². The molecule has 1 fully saturated rings. The van der Waals surface area contributed by atoms with Gasteiger partial charge in [0.2, 0.25) is 0 Å². The van der Waals surface area contributed by atoms with Gasteiger partial charge in [-0.25, -0.2) is 0 Å². The lowest BCUT2D eigenvalue weighted by atomic mass is 9.61. The molecule has 0 saturated heterocycles. The van der Waals surface area contributed by atoms with Crippen molar-refractivity contribution in [1.82, 2.24) is 0 Å². The minimum Gasteiger partial charge on any atom is -0.393 e. The van der Waals surface area contributed by atoms with Crippen molar-refractivity contribution in [2.75, 3.05) is 0 Å². The topological polar surface area (TPSA) is 20.2 Å². The van der Waals surface area contributed by atoms with E-state index in [2.05, 4.69) is 27.7 Å². The standard InChI is InChI=1S/C14H28O/c1-10-7-6-8-14(4,5)13(10)9-11(2)12(3)15/h10-13,15H,6-9H2,1-5H3/t10-,11-,12-,13+/m1/s1. The summed E-state index contributed by atoms with van der Waals surface area (Å²) in [6.45, 7) is 11.3. The summed E-state index contributed by atoms with van der Waals surface area (Å²) < 4.78 is 0. The second-order valence-corrected chi connectivity index (χ2v) is 6.42. The zero-order valence-corrected chi connectivity index (χ0v) is 11.1. The molecule has 1 saturated carbocycles. The lowest BCUT2D eigenvalue weighted by Gasteiger charge is -2.44. The minimum atomic E-state index is -0.157. The van der Waals surface area contributed by atoms with E-state index in [1.807, 2.05) is 6.92 Å². The molecule has 0 aromatic heterocycles. The van der Waals surface area contributed by atoms with Gasteiger partial charge in [-0.05, 0) is 42.9 Å². The normalized spacial score (nSPS) is 34.8. The van der Waals surface area contributed by atoms with E-state index in [9.17, 15) is 5.11 Å². The third-order valence-electron chi connectivity index (χ3n) is 4.62. The van der Waals surface area contributed by atoms with E-state index in [0.29, 0.717) is 11.3 Å². The highest BCUT2D eigenvalue weighted by molar-refractivity contribution is 4.87. The average Bonchev–Trinajstić information content (AvgIpc) is 2.10. The number of aliphatic hydroxyl groups is 1. The molecule has 0 aliphatic heterocycles. The number of aliphatic hydroxyl groups excluding tert-OH is 1. The van der Waals surface area contributed by atoms with Crippen molar-refractivity contribution < 1.29 is 5.11 Å². The van der Waals surface area contributed by atoms with Crippen molar-refractivity contribution in [1.29, 1.82) is 0 Å². The van der Waals surface area contributed by atoms with Gasteiger partial charge in [-0.2, -0.15) is 0 Å². The molecule has 90 valence electrons. The van der Waals surface area contributed by atoms with Gasteiger partial charge in [0.05, 0.1) is 6.10 Å². The first-order chi connectivity index (χ1) is 6.84. The van der Waals surface area contributed by atoms with Gasteiger partial charge >= 0.3 is 0 Å². The smallest absolute Gasteiger partial charge is 0.0537 e. The lowest BCUT2D eigenvalue weighted by Crippen LogP contribution is -2.36. The summed E-state index contributed by atoms with van der Waals surface area (Å²) in [5.74, 6) is 2.06. The van der Waals surface area contributed by atoms with Crippen LogP contribution in [0.25, 0.3) is 0 Å². The Kier molecular flexibility index (Phi) is 4.22. The van der Waals surface area contributed by atoms with E-state index in [1.54, 1.807) is 0 Å². The highest BCUT2D eigenvalue weighted by Gasteiger charge is 2.37. The largest absolute Gasteiger partial charge is 0.393 e. The predicted molar refractivity (Wildman–Crippen MR) is 65.7 cm³/mol. The van der Waals surface area contributed by atoms with Crippen LogP contribution in [0, 0.1) is 23.2 Å². The first-order valence-corrected chi connectivity index (χ1v) is 6.52. The number of hydrogen-bond donors (Lipinski definition) is 1. The molecule has 1 aliphatic rings. The highest BCUT2D eigenvalue weighted by Crippen LogP contribution is 2.46. The Balaban J connectivity index is 2.63. The molecule has 1 nitrogen and oxygen atoms in total. The summed E-state index contributed by atoms with van der Waals surface area (Å²) in [6.07, 6.45) is 5.14. The zero-order valence-electron chi connectivity index (χ0n) is 11.1. The highest BCUT2D eigenvalue weighted by atomic mass is 16.3. The zero-order chi connectivity index (χ0) is 11.6. The van der Waals surface area contributed by atoms with Gasteiger partial charge < -0.3 is 5.11 Å². The fraction of sp³-hybridized carbons (Fsp3) is 1.00. The van der Waals surface area contributed by atoms with Gasteiger partial charge in [0.1, 0.15) is 0 Å². The van der Waals surface area contributed by atoms with Crippen molar-refractivity contribution >= 4 is 0 Å². The van der Waals surface area contributed by atoms with Gasteiger partial charge in [0.25, 0.3) is 0 Å². The van der Waals surface area contributed by atoms with Crippen LogP contribution >= 0.6 is 0 Å². The summed E-state index contributed by atoms with van der Waals surface area (Å²) in [5.41, 5.74) is 0.473. The minimum absolute atomic E-state index is 0.157. The molecule has 0 aromatic rings. The molecule has 1 N–H and O–H groups in total. The summed E-state index contributed by atoms with van der Waals surface area (Å²) in [4.78, 5) is 0. The monoisotopic (exact) mass is 212 g/mol. The third kappa shape index (κ3) is 3.21. The molecular weight excluding hydrogens is 184 g/mol. The lowest BCUT2D eigenvalue weighted by molar-refractivity contribution is 0.0357. The van der Waals surface area contributed by atoms with Gasteiger partial charge in [0, 0.05) is 0 Å². The van der Waals surface area contributed by atoms with E-state index in [0.717, 1.165) is 11.8 Å². The molecule has 1 heteroatoms. The van der Waals surface area contributed by atoms with E-state index in [1.165, 1.54) is 25.7 Å². The van der Waals surface area contributed by atoms with Crippen LogP contribution in [0.15, 0.2) is 0 Å². The summed E-state index contributed by atoms with van der Waals surface area (Å²) in [6, 6.07) is 0. The van der Waals surface area contributed by atoms with Crippen LogP contribution in [0.3, 0.4) is 0 Å². The molecule has 1 rings (SSSR count). The summed E-state index contributed by atoms with van der Waals surface area (Å²) >= 11 is 0. The van der Waals surface area contributed by atoms with Crippen molar-refractivity contribution in [3.8, 4) is 0 Å². The van der Waals surface area contributed by atoms with Crippen molar-refractivity contribution in [2.24, 2.45) is 23.2 Å². The van der Waals surface area contributed by atoms with E-state index in [4.69, 9.17) is 0 Å². The molecule has 0 radical (unpaired) electrons. The Bertz CT molecular complexity index is 196. The van der Waals surface area contributed by atoms with Gasteiger partial charge in [-0.1, -0.05) is 40.5 Å². The van der Waals surface area contributed by atoms with Gasteiger partial charge in [0.15, 0.2) is 0 Å².